The lowest BCUT2D eigenvalue weighted by molar-refractivity contribution is 0.608. The summed E-state index contributed by atoms with van der Waals surface area (Å²) in [5.74, 6) is 0. The topological polar surface area (TPSA) is 39.1 Å². The SMILES string of the molecule is Cc1c(S(=O)(=O)Cl)c2c(n1C)=CCCC=2. The van der Waals surface area contributed by atoms with Gasteiger partial charge in [0.15, 0.2) is 0 Å². The minimum Gasteiger partial charge on any atom is -0.347 e. The van der Waals surface area contributed by atoms with Crippen molar-refractivity contribution >= 4 is 31.9 Å². The van der Waals surface area contributed by atoms with E-state index >= 15 is 0 Å². The van der Waals surface area contributed by atoms with Gasteiger partial charge in [0.1, 0.15) is 4.90 Å². The third kappa shape index (κ3) is 1.62. The van der Waals surface area contributed by atoms with E-state index in [1.54, 1.807) is 6.92 Å². The number of nitrogens with zero attached hydrogens (tertiary/aromatic N) is 1. The van der Waals surface area contributed by atoms with Crippen LogP contribution in [0.5, 0.6) is 0 Å². The minimum atomic E-state index is -3.65. The van der Waals surface area contributed by atoms with Gasteiger partial charge in [0.05, 0.1) is 0 Å². The third-order valence-electron chi connectivity index (χ3n) is 2.81. The fourth-order valence-electron chi connectivity index (χ4n) is 2.02. The van der Waals surface area contributed by atoms with E-state index in [1.807, 2.05) is 23.8 Å². The lowest BCUT2D eigenvalue weighted by Gasteiger charge is -1.98. The number of hydrogen-bond acceptors (Lipinski definition) is 2. The summed E-state index contributed by atoms with van der Waals surface area (Å²) in [7, 11) is 3.64. The average molecular weight is 246 g/mol. The summed E-state index contributed by atoms with van der Waals surface area (Å²) in [6.45, 7) is 1.77. The second-order valence-electron chi connectivity index (χ2n) is 3.70. The van der Waals surface area contributed by atoms with Crippen LogP contribution in [-0.4, -0.2) is 13.0 Å². The molecule has 0 bridgehead atoms. The summed E-state index contributed by atoms with van der Waals surface area (Å²) in [5.41, 5.74) is 0.699. The fourth-order valence-corrected chi connectivity index (χ4v) is 3.55. The molecule has 1 aliphatic rings. The average Bonchev–Trinajstić information content (AvgIpc) is 2.39. The molecule has 1 aromatic heterocycles. The van der Waals surface area contributed by atoms with Gasteiger partial charge < -0.3 is 4.57 Å². The molecule has 1 aliphatic carbocycles. The third-order valence-corrected chi connectivity index (χ3v) is 4.28. The molecule has 0 spiro atoms. The Morgan fingerprint density at radius 1 is 1.33 bits per heavy atom. The van der Waals surface area contributed by atoms with Gasteiger partial charge in [-0.2, -0.15) is 0 Å². The van der Waals surface area contributed by atoms with Crippen molar-refractivity contribution < 1.29 is 8.42 Å². The number of fused-ring (bicyclic) bond motifs is 1. The van der Waals surface area contributed by atoms with Crippen LogP contribution in [0.25, 0.3) is 12.2 Å². The fraction of sp³-hybridized carbons (Fsp3) is 0.400. The Kier molecular flexibility index (Phi) is 2.43. The Labute approximate surface area is 93.1 Å². The molecule has 0 aromatic carbocycles. The highest BCUT2D eigenvalue weighted by molar-refractivity contribution is 8.13. The molecule has 0 radical (unpaired) electrons. The molecule has 0 N–H and O–H groups in total. The first-order valence-corrected chi connectivity index (χ1v) is 7.04. The van der Waals surface area contributed by atoms with Crippen molar-refractivity contribution in [2.45, 2.75) is 24.7 Å². The zero-order chi connectivity index (χ0) is 11.2. The van der Waals surface area contributed by atoms with Crippen LogP contribution in [0.4, 0.5) is 0 Å². The van der Waals surface area contributed by atoms with E-state index in [4.69, 9.17) is 10.7 Å². The summed E-state index contributed by atoms with van der Waals surface area (Å²) in [6.07, 6.45) is 5.81. The molecule has 5 heteroatoms. The summed E-state index contributed by atoms with van der Waals surface area (Å²) in [6, 6.07) is 0. The molecule has 0 amide bonds. The zero-order valence-electron chi connectivity index (χ0n) is 8.62. The van der Waals surface area contributed by atoms with Crippen LogP contribution >= 0.6 is 10.7 Å². The molecular weight excluding hydrogens is 234 g/mol. The van der Waals surface area contributed by atoms with Gasteiger partial charge in [0, 0.05) is 34.0 Å². The number of aromatic nitrogens is 1. The highest BCUT2D eigenvalue weighted by Gasteiger charge is 2.20. The molecule has 0 fully saturated rings. The van der Waals surface area contributed by atoms with Crippen molar-refractivity contribution in [2.75, 3.05) is 0 Å². The van der Waals surface area contributed by atoms with Crippen molar-refractivity contribution in [2.24, 2.45) is 7.05 Å². The standard InChI is InChI=1S/C10H12ClNO2S/c1-7-10(15(11,13)14)8-5-3-4-6-9(8)12(7)2/h5-6H,3-4H2,1-2H3. The summed E-state index contributed by atoms with van der Waals surface area (Å²) in [4.78, 5) is 0.262. The van der Waals surface area contributed by atoms with E-state index in [1.165, 1.54) is 0 Å². The van der Waals surface area contributed by atoms with Crippen LogP contribution in [0.3, 0.4) is 0 Å². The van der Waals surface area contributed by atoms with Crippen molar-refractivity contribution in [3.8, 4) is 0 Å². The minimum absolute atomic E-state index is 0.262. The molecule has 0 atom stereocenters. The van der Waals surface area contributed by atoms with Gasteiger partial charge >= 0.3 is 0 Å². The first kappa shape index (κ1) is 10.8. The van der Waals surface area contributed by atoms with Gasteiger partial charge in [-0.05, 0) is 19.8 Å². The predicted octanol–water partition coefficient (Wildman–Crippen LogP) is 0.616. The van der Waals surface area contributed by atoms with Gasteiger partial charge in [-0.3, -0.25) is 0 Å². The maximum atomic E-state index is 11.5. The van der Waals surface area contributed by atoms with Crippen LogP contribution < -0.4 is 10.6 Å². The van der Waals surface area contributed by atoms with E-state index in [0.29, 0.717) is 5.69 Å². The predicted molar refractivity (Wildman–Crippen MR) is 60.6 cm³/mol. The maximum absolute atomic E-state index is 11.5. The van der Waals surface area contributed by atoms with Crippen molar-refractivity contribution in [3.63, 3.8) is 0 Å². The van der Waals surface area contributed by atoms with Crippen molar-refractivity contribution in [1.29, 1.82) is 0 Å². The van der Waals surface area contributed by atoms with Crippen LogP contribution in [0, 0.1) is 6.92 Å². The number of rotatable bonds is 1. The summed E-state index contributed by atoms with van der Waals surface area (Å²) >= 11 is 0. The number of halogens is 1. The molecular formula is C10H12ClNO2S. The van der Waals surface area contributed by atoms with E-state index in [-0.39, 0.29) is 4.90 Å². The maximum Gasteiger partial charge on any atom is 0.263 e. The van der Waals surface area contributed by atoms with E-state index in [0.717, 1.165) is 23.4 Å². The molecule has 1 heterocycles. The lowest BCUT2D eigenvalue weighted by atomic mass is 10.2. The zero-order valence-corrected chi connectivity index (χ0v) is 10.2. The van der Waals surface area contributed by atoms with E-state index in [2.05, 4.69) is 0 Å². The largest absolute Gasteiger partial charge is 0.347 e. The van der Waals surface area contributed by atoms with Gasteiger partial charge in [-0.25, -0.2) is 8.42 Å². The quantitative estimate of drug-likeness (QED) is 0.681. The first-order valence-electron chi connectivity index (χ1n) is 4.73. The molecule has 1 aromatic rings. The molecule has 2 rings (SSSR count). The molecule has 0 saturated heterocycles. The second-order valence-corrected chi connectivity index (χ2v) is 6.20. The Morgan fingerprint density at radius 2 is 1.93 bits per heavy atom. The van der Waals surface area contributed by atoms with Gasteiger partial charge in [-0.15, -0.1) is 0 Å². The van der Waals surface area contributed by atoms with Crippen molar-refractivity contribution in [3.05, 3.63) is 16.3 Å². The first-order chi connectivity index (χ1) is 6.93. The normalized spacial score (nSPS) is 15.4. The molecule has 3 nitrogen and oxygen atoms in total. The smallest absolute Gasteiger partial charge is 0.263 e. The highest BCUT2D eigenvalue weighted by Crippen LogP contribution is 2.15. The van der Waals surface area contributed by atoms with Gasteiger partial charge in [-0.1, -0.05) is 12.2 Å². The monoisotopic (exact) mass is 245 g/mol. The molecule has 15 heavy (non-hydrogen) atoms. The Hall–Kier alpha value is -0.740. The van der Waals surface area contributed by atoms with Crippen LogP contribution in [0.15, 0.2) is 4.90 Å². The second kappa shape index (κ2) is 3.39. The van der Waals surface area contributed by atoms with Crippen LogP contribution in [-0.2, 0) is 16.1 Å². The molecule has 0 unspecified atom stereocenters. The molecule has 0 aliphatic heterocycles. The Bertz CT molecular complexity index is 625. The molecule has 0 saturated carbocycles. The van der Waals surface area contributed by atoms with Crippen LogP contribution in [0.1, 0.15) is 18.5 Å². The highest BCUT2D eigenvalue weighted by atomic mass is 35.7. The van der Waals surface area contributed by atoms with E-state index in [9.17, 15) is 8.42 Å². The lowest BCUT2D eigenvalue weighted by Crippen LogP contribution is -2.31. The van der Waals surface area contributed by atoms with Crippen LogP contribution in [0.2, 0.25) is 0 Å². The molecule has 82 valence electrons. The summed E-state index contributed by atoms with van der Waals surface area (Å²) in [5, 5.41) is 1.72. The Balaban J connectivity index is 3.02. The van der Waals surface area contributed by atoms with Gasteiger partial charge in [0.25, 0.3) is 9.05 Å². The van der Waals surface area contributed by atoms with E-state index < -0.39 is 9.05 Å². The number of hydrogen-bond donors (Lipinski definition) is 0. The summed E-state index contributed by atoms with van der Waals surface area (Å²) < 4.78 is 24.8. The van der Waals surface area contributed by atoms with Crippen molar-refractivity contribution in [1.82, 2.24) is 4.57 Å². The van der Waals surface area contributed by atoms with Gasteiger partial charge in [0.2, 0.25) is 0 Å². The Morgan fingerprint density at radius 3 is 2.53 bits per heavy atom.